The van der Waals surface area contributed by atoms with Crippen LogP contribution in [-0.4, -0.2) is 11.9 Å². The zero-order valence-electron chi connectivity index (χ0n) is 9.29. The minimum Gasteiger partial charge on any atom is -0.493 e. The summed E-state index contributed by atoms with van der Waals surface area (Å²) in [7, 11) is 0. The maximum Gasteiger partial charge on any atom is 0.122 e. The molecule has 0 saturated heterocycles. The van der Waals surface area contributed by atoms with E-state index >= 15 is 0 Å². The van der Waals surface area contributed by atoms with Gasteiger partial charge in [-0.05, 0) is 23.5 Å². The Morgan fingerprint density at radius 3 is 2.87 bits per heavy atom. The van der Waals surface area contributed by atoms with Crippen LogP contribution in [0, 0.1) is 11.3 Å². The zero-order chi connectivity index (χ0) is 10.9. The molecule has 1 aliphatic rings. The third kappa shape index (κ3) is 2.20. The largest absolute Gasteiger partial charge is 0.493 e. The molecule has 2 heteroatoms. The Balaban J connectivity index is 2.19. The number of ether oxygens (including phenoxy) is 1. The van der Waals surface area contributed by atoms with E-state index in [0.717, 1.165) is 24.1 Å². The molecular formula is C13H17BrO. The van der Waals surface area contributed by atoms with Crippen molar-refractivity contribution in [2.75, 3.05) is 11.9 Å². The molecule has 0 radical (unpaired) electrons. The second kappa shape index (κ2) is 4.17. The molecule has 1 aromatic rings. The molecule has 1 nitrogen and oxygen atoms in total. The zero-order valence-corrected chi connectivity index (χ0v) is 10.9. The molecule has 0 amide bonds. The molecule has 1 atom stereocenters. The van der Waals surface area contributed by atoms with Gasteiger partial charge in [-0.2, -0.15) is 0 Å². The average molecular weight is 269 g/mol. The number of rotatable bonds is 2. The fraction of sp³-hybridized carbons (Fsp3) is 0.538. The molecule has 0 saturated carbocycles. The van der Waals surface area contributed by atoms with Crippen LogP contribution in [0.25, 0.3) is 0 Å². The van der Waals surface area contributed by atoms with Crippen LogP contribution in [0.1, 0.15) is 19.4 Å². The highest BCUT2D eigenvalue weighted by Gasteiger charge is 2.32. The van der Waals surface area contributed by atoms with Crippen LogP contribution in [0.5, 0.6) is 5.75 Å². The third-order valence-electron chi connectivity index (χ3n) is 3.33. The van der Waals surface area contributed by atoms with E-state index in [1.54, 1.807) is 0 Å². The summed E-state index contributed by atoms with van der Waals surface area (Å²) in [5, 5.41) is 1.02. The summed E-state index contributed by atoms with van der Waals surface area (Å²) >= 11 is 3.59. The highest BCUT2D eigenvalue weighted by molar-refractivity contribution is 9.09. The van der Waals surface area contributed by atoms with E-state index in [9.17, 15) is 0 Å². The minimum atomic E-state index is 0.299. The second-order valence-electron chi connectivity index (χ2n) is 4.94. The fourth-order valence-electron chi connectivity index (χ4n) is 1.94. The Kier molecular flexibility index (Phi) is 3.06. The normalized spacial score (nSPS) is 20.6. The molecule has 0 bridgehead atoms. The molecule has 1 heterocycles. The van der Waals surface area contributed by atoms with Gasteiger partial charge < -0.3 is 4.74 Å². The SMILES string of the molecule is CC(C)(CBr)C1COc2ccccc2C1. The van der Waals surface area contributed by atoms with Crippen LogP contribution in [0.3, 0.4) is 0 Å². The summed E-state index contributed by atoms with van der Waals surface area (Å²) in [5.74, 6) is 1.67. The molecule has 1 aliphatic heterocycles. The third-order valence-corrected chi connectivity index (χ3v) is 4.77. The molecule has 82 valence electrons. The van der Waals surface area contributed by atoms with Crippen LogP contribution < -0.4 is 4.74 Å². The van der Waals surface area contributed by atoms with Crippen molar-refractivity contribution < 1.29 is 4.74 Å². The topological polar surface area (TPSA) is 9.23 Å². The van der Waals surface area contributed by atoms with Gasteiger partial charge in [0.15, 0.2) is 0 Å². The first-order chi connectivity index (χ1) is 7.13. The van der Waals surface area contributed by atoms with Gasteiger partial charge in [0.05, 0.1) is 6.61 Å². The van der Waals surface area contributed by atoms with Gasteiger partial charge in [0, 0.05) is 11.2 Å². The van der Waals surface area contributed by atoms with E-state index in [1.165, 1.54) is 5.56 Å². The molecule has 1 unspecified atom stereocenters. The van der Waals surface area contributed by atoms with Crippen LogP contribution in [-0.2, 0) is 6.42 Å². The van der Waals surface area contributed by atoms with E-state index in [4.69, 9.17) is 4.74 Å². The Bertz CT molecular complexity index is 346. The molecule has 1 aromatic carbocycles. The monoisotopic (exact) mass is 268 g/mol. The lowest BCUT2D eigenvalue weighted by molar-refractivity contribution is 0.131. The van der Waals surface area contributed by atoms with Gasteiger partial charge in [-0.15, -0.1) is 0 Å². The van der Waals surface area contributed by atoms with Gasteiger partial charge in [0.25, 0.3) is 0 Å². The van der Waals surface area contributed by atoms with Crippen molar-refractivity contribution in [1.29, 1.82) is 0 Å². The number of alkyl halides is 1. The summed E-state index contributed by atoms with van der Waals surface area (Å²) in [6.07, 6.45) is 1.13. The average Bonchev–Trinajstić information content (AvgIpc) is 2.28. The molecule has 0 aliphatic carbocycles. The number of fused-ring (bicyclic) bond motifs is 1. The smallest absolute Gasteiger partial charge is 0.122 e. The van der Waals surface area contributed by atoms with E-state index < -0.39 is 0 Å². The minimum absolute atomic E-state index is 0.299. The molecular weight excluding hydrogens is 252 g/mol. The summed E-state index contributed by atoms with van der Waals surface area (Å²) < 4.78 is 5.80. The van der Waals surface area contributed by atoms with Crippen molar-refractivity contribution in [2.24, 2.45) is 11.3 Å². The molecule has 0 N–H and O–H groups in total. The van der Waals surface area contributed by atoms with Crippen molar-refractivity contribution in [3.63, 3.8) is 0 Å². The van der Waals surface area contributed by atoms with E-state index in [-0.39, 0.29) is 0 Å². The maximum absolute atomic E-state index is 5.80. The van der Waals surface area contributed by atoms with Crippen LogP contribution in [0.2, 0.25) is 0 Å². The highest BCUT2D eigenvalue weighted by Crippen LogP contribution is 2.37. The van der Waals surface area contributed by atoms with Crippen LogP contribution in [0.4, 0.5) is 0 Å². The maximum atomic E-state index is 5.80. The highest BCUT2D eigenvalue weighted by atomic mass is 79.9. The van der Waals surface area contributed by atoms with Crippen molar-refractivity contribution in [2.45, 2.75) is 20.3 Å². The standard InChI is InChI=1S/C13H17BrO/c1-13(2,9-14)11-7-10-5-3-4-6-12(10)15-8-11/h3-6,11H,7-9H2,1-2H3. The number of para-hydroxylation sites is 1. The van der Waals surface area contributed by atoms with Gasteiger partial charge in [0.2, 0.25) is 0 Å². The van der Waals surface area contributed by atoms with Gasteiger partial charge >= 0.3 is 0 Å². The van der Waals surface area contributed by atoms with Gasteiger partial charge in [-0.25, -0.2) is 0 Å². The Labute approximate surface area is 100.0 Å². The lowest BCUT2D eigenvalue weighted by atomic mass is 9.76. The Hall–Kier alpha value is -0.500. The summed E-state index contributed by atoms with van der Waals surface area (Å²) in [6.45, 7) is 5.43. The van der Waals surface area contributed by atoms with E-state index in [2.05, 4.69) is 48.0 Å². The van der Waals surface area contributed by atoms with Gasteiger partial charge in [-0.3, -0.25) is 0 Å². The predicted molar refractivity (Wildman–Crippen MR) is 66.7 cm³/mol. The molecule has 0 aromatic heterocycles. The first-order valence-electron chi connectivity index (χ1n) is 5.40. The van der Waals surface area contributed by atoms with Crippen LogP contribution in [0.15, 0.2) is 24.3 Å². The summed E-state index contributed by atoms with van der Waals surface area (Å²) in [4.78, 5) is 0. The summed E-state index contributed by atoms with van der Waals surface area (Å²) in [5.41, 5.74) is 1.65. The van der Waals surface area contributed by atoms with Crippen LogP contribution >= 0.6 is 15.9 Å². The quantitative estimate of drug-likeness (QED) is 0.744. The lowest BCUT2D eigenvalue weighted by Gasteiger charge is -2.36. The number of halogens is 1. The van der Waals surface area contributed by atoms with Crippen molar-refractivity contribution in [3.05, 3.63) is 29.8 Å². The van der Waals surface area contributed by atoms with E-state index in [0.29, 0.717) is 11.3 Å². The van der Waals surface area contributed by atoms with Gasteiger partial charge in [0.1, 0.15) is 5.75 Å². The second-order valence-corrected chi connectivity index (χ2v) is 5.50. The molecule has 0 fully saturated rings. The Morgan fingerprint density at radius 1 is 1.40 bits per heavy atom. The van der Waals surface area contributed by atoms with E-state index in [1.807, 2.05) is 6.07 Å². The molecule has 15 heavy (non-hydrogen) atoms. The first kappa shape index (κ1) is 11.0. The van der Waals surface area contributed by atoms with Gasteiger partial charge in [-0.1, -0.05) is 48.0 Å². The lowest BCUT2D eigenvalue weighted by Crippen LogP contribution is -2.35. The van der Waals surface area contributed by atoms with Crippen molar-refractivity contribution in [3.8, 4) is 5.75 Å². The number of hydrogen-bond acceptors (Lipinski definition) is 1. The number of benzene rings is 1. The first-order valence-corrected chi connectivity index (χ1v) is 6.52. The fourth-order valence-corrected chi connectivity index (χ4v) is 2.40. The molecule has 2 rings (SSSR count). The number of hydrogen-bond donors (Lipinski definition) is 0. The predicted octanol–water partition coefficient (Wildman–Crippen LogP) is 3.66. The Morgan fingerprint density at radius 2 is 2.13 bits per heavy atom. The van der Waals surface area contributed by atoms with Crippen molar-refractivity contribution in [1.82, 2.24) is 0 Å². The summed E-state index contributed by atoms with van der Waals surface area (Å²) in [6, 6.07) is 8.36. The van der Waals surface area contributed by atoms with Crippen molar-refractivity contribution >= 4 is 15.9 Å². The molecule has 0 spiro atoms.